The quantitative estimate of drug-likeness (QED) is 0.315. The predicted molar refractivity (Wildman–Crippen MR) is 118 cm³/mol. The summed E-state index contributed by atoms with van der Waals surface area (Å²) < 4.78 is 16.5. The van der Waals surface area contributed by atoms with Crippen molar-refractivity contribution in [3.8, 4) is 5.75 Å². The lowest BCUT2D eigenvalue weighted by atomic mass is 10.1. The van der Waals surface area contributed by atoms with Gasteiger partial charge in [-0.1, -0.05) is 12.1 Å². The first-order chi connectivity index (χ1) is 14.2. The molecule has 1 saturated heterocycles. The largest absolute Gasteiger partial charge is 0.491 e. The van der Waals surface area contributed by atoms with Gasteiger partial charge in [0.25, 0.3) is 0 Å². The number of nitrogens with zero attached hydrogens (tertiary/aromatic N) is 2. The van der Waals surface area contributed by atoms with Gasteiger partial charge in [0.05, 0.1) is 13.2 Å². The minimum Gasteiger partial charge on any atom is -0.491 e. The van der Waals surface area contributed by atoms with Crippen molar-refractivity contribution >= 4 is 5.96 Å². The average Bonchev–Trinajstić information content (AvgIpc) is 3.18. The Bertz CT molecular complexity index is 624. The maximum absolute atomic E-state index is 5.94. The second-order valence-electron chi connectivity index (χ2n) is 7.29. The summed E-state index contributed by atoms with van der Waals surface area (Å²) in [4.78, 5) is 6.87. The number of nitrogens with one attached hydrogen (secondary N) is 2. The second-order valence-corrected chi connectivity index (χ2v) is 7.29. The van der Waals surface area contributed by atoms with E-state index >= 15 is 0 Å². The molecule has 0 bridgehead atoms. The molecule has 0 saturated carbocycles. The van der Waals surface area contributed by atoms with Crippen molar-refractivity contribution in [2.24, 2.45) is 4.99 Å². The van der Waals surface area contributed by atoms with Gasteiger partial charge in [-0.3, -0.25) is 9.89 Å². The highest BCUT2D eigenvalue weighted by molar-refractivity contribution is 5.79. The van der Waals surface area contributed by atoms with Crippen LogP contribution >= 0.6 is 0 Å². The van der Waals surface area contributed by atoms with Crippen molar-refractivity contribution < 1.29 is 14.2 Å². The van der Waals surface area contributed by atoms with E-state index in [-0.39, 0.29) is 0 Å². The number of aryl methyl sites for hydroxylation is 1. The molecular weight excluding hydrogens is 368 g/mol. The van der Waals surface area contributed by atoms with Crippen LogP contribution in [-0.2, 0) is 16.0 Å². The summed E-state index contributed by atoms with van der Waals surface area (Å²) in [5.41, 5.74) is 2.29. The number of hydrogen-bond acceptors (Lipinski definition) is 5. The van der Waals surface area contributed by atoms with Crippen LogP contribution in [0.15, 0.2) is 23.2 Å². The Kier molecular flexibility index (Phi) is 10.8. The van der Waals surface area contributed by atoms with Gasteiger partial charge >= 0.3 is 0 Å². The van der Waals surface area contributed by atoms with Crippen molar-refractivity contribution in [2.75, 3.05) is 60.2 Å². The summed E-state index contributed by atoms with van der Waals surface area (Å²) in [5.74, 6) is 1.71. The van der Waals surface area contributed by atoms with Crippen LogP contribution in [0.5, 0.6) is 5.75 Å². The standard InChI is InChI=1S/C22H38N4O3/c1-5-28-13-14-29-21-15-18(2)8-9-19(21)16-24-22(23-3)25-17-20-7-6-10-26(20)11-12-27-4/h8-9,15,20H,5-7,10-14,16-17H2,1-4H3,(H2,23,24,25). The van der Waals surface area contributed by atoms with E-state index < -0.39 is 0 Å². The molecule has 7 nitrogen and oxygen atoms in total. The van der Waals surface area contributed by atoms with E-state index in [2.05, 4.69) is 45.6 Å². The first-order valence-corrected chi connectivity index (χ1v) is 10.7. The number of hydrogen-bond donors (Lipinski definition) is 2. The topological polar surface area (TPSA) is 67.4 Å². The summed E-state index contributed by atoms with van der Waals surface area (Å²) in [6, 6.07) is 6.82. The van der Waals surface area contributed by atoms with Crippen molar-refractivity contribution in [1.29, 1.82) is 0 Å². The van der Waals surface area contributed by atoms with Crippen LogP contribution in [-0.4, -0.2) is 77.1 Å². The second kappa shape index (κ2) is 13.4. The molecule has 1 aliphatic rings. The molecule has 1 aliphatic heterocycles. The summed E-state index contributed by atoms with van der Waals surface area (Å²) in [7, 11) is 3.57. The van der Waals surface area contributed by atoms with Crippen LogP contribution in [0.1, 0.15) is 30.9 Å². The molecule has 29 heavy (non-hydrogen) atoms. The highest BCUT2D eigenvalue weighted by Crippen LogP contribution is 2.20. The van der Waals surface area contributed by atoms with Crippen molar-refractivity contribution in [3.05, 3.63) is 29.3 Å². The Balaban J connectivity index is 1.84. The van der Waals surface area contributed by atoms with E-state index in [1.54, 1.807) is 14.2 Å². The fourth-order valence-corrected chi connectivity index (χ4v) is 3.54. The molecule has 1 unspecified atom stereocenters. The van der Waals surface area contributed by atoms with Crippen molar-refractivity contribution in [2.45, 2.75) is 39.3 Å². The zero-order valence-corrected chi connectivity index (χ0v) is 18.5. The Hall–Kier alpha value is -1.83. The molecule has 1 fully saturated rings. The Morgan fingerprint density at radius 1 is 1.24 bits per heavy atom. The third-order valence-electron chi connectivity index (χ3n) is 5.17. The molecule has 164 valence electrons. The Labute approximate surface area is 175 Å². The molecule has 1 aromatic carbocycles. The maximum atomic E-state index is 5.94. The smallest absolute Gasteiger partial charge is 0.191 e. The molecule has 0 amide bonds. The van der Waals surface area contributed by atoms with E-state index in [1.165, 1.54) is 18.4 Å². The number of likely N-dealkylation sites (tertiary alicyclic amines) is 1. The van der Waals surface area contributed by atoms with Gasteiger partial charge in [0.2, 0.25) is 0 Å². The van der Waals surface area contributed by atoms with E-state index in [4.69, 9.17) is 14.2 Å². The van der Waals surface area contributed by atoms with E-state index in [0.717, 1.165) is 43.5 Å². The summed E-state index contributed by atoms with van der Waals surface area (Å²) in [5, 5.41) is 6.89. The summed E-state index contributed by atoms with van der Waals surface area (Å²) in [6.07, 6.45) is 2.46. The van der Waals surface area contributed by atoms with Crippen LogP contribution in [0.25, 0.3) is 0 Å². The van der Waals surface area contributed by atoms with Crippen LogP contribution in [0.3, 0.4) is 0 Å². The van der Waals surface area contributed by atoms with Crippen molar-refractivity contribution in [3.63, 3.8) is 0 Å². The van der Waals surface area contributed by atoms with Crippen LogP contribution in [0.2, 0.25) is 0 Å². The normalized spacial score (nSPS) is 17.5. The molecule has 1 aromatic rings. The highest BCUT2D eigenvalue weighted by Gasteiger charge is 2.23. The minimum atomic E-state index is 0.528. The van der Waals surface area contributed by atoms with Gasteiger partial charge in [0, 0.05) is 52.0 Å². The van der Waals surface area contributed by atoms with Crippen LogP contribution in [0, 0.1) is 6.92 Å². The van der Waals surface area contributed by atoms with E-state index in [1.807, 2.05) is 6.92 Å². The molecular formula is C22H38N4O3. The molecule has 1 atom stereocenters. The zero-order valence-electron chi connectivity index (χ0n) is 18.5. The van der Waals surface area contributed by atoms with Crippen LogP contribution < -0.4 is 15.4 Å². The third kappa shape index (κ3) is 8.20. The Morgan fingerprint density at radius 3 is 2.86 bits per heavy atom. The minimum absolute atomic E-state index is 0.528. The number of benzene rings is 1. The first-order valence-electron chi connectivity index (χ1n) is 10.7. The van der Waals surface area contributed by atoms with Gasteiger partial charge in [-0.05, 0) is 44.9 Å². The number of guanidine groups is 1. The van der Waals surface area contributed by atoms with Gasteiger partial charge in [-0.15, -0.1) is 0 Å². The molecule has 2 rings (SSSR count). The lowest BCUT2D eigenvalue weighted by Crippen LogP contribution is -2.45. The first kappa shape index (κ1) is 23.4. The zero-order chi connectivity index (χ0) is 20.9. The number of methoxy groups -OCH3 is 1. The fraction of sp³-hybridized carbons (Fsp3) is 0.682. The number of aliphatic imine (C=N–C) groups is 1. The monoisotopic (exact) mass is 406 g/mol. The third-order valence-corrected chi connectivity index (χ3v) is 5.17. The molecule has 0 radical (unpaired) electrons. The van der Waals surface area contributed by atoms with Crippen molar-refractivity contribution in [1.82, 2.24) is 15.5 Å². The molecule has 2 N–H and O–H groups in total. The van der Waals surface area contributed by atoms with Gasteiger partial charge in [-0.25, -0.2) is 0 Å². The lowest BCUT2D eigenvalue weighted by Gasteiger charge is -2.25. The van der Waals surface area contributed by atoms with E-state index in [9.17, 15) is 0 Å². The summed E-state index contributed by atoms with van der Waals surface area (Å²) in [6.45, 7) is 10.4. The van der Waals surface area contributed by atoms with Gasteiger partial charge in [0.15, 0.2) is 5.96 Å². The fourth-order valence-electron chi connectivity index (χ4n) is 3.54. The van der Waals surface area contributed by atoms with Gasteiger partial charge in [-0.2, -0.15) is 0 Å². The SMILES string of the molecule is CCOCCOc1cc(C)ccc1CNC(=NC)NCC1CCCN1CCOC. The number of rotatable bonds is 12. The van der Waals surface area contributed by atoms with Crippen LogP contribution in [0.4, 0.5) is 0 Å². The molecule has 0 aromatic heterocycles. The maximum Gasteiger partial charge on any atom is 0.191 e. The van der Waals surface area contributed by atoms with Gasteiger partial charge in [0.1, 0.15) is 12.4 Å². The Morgan fingerprint density at radius 2 is 2.10 bits per heavy atom. The van der Waals surface area contributed by atoms with Gasteiger partial charge < -0.3 is 24.8 Å². The number of ether oxygens (including phenoxy) is 3. The van der Waals surface area contributed by atoms with E-state index in [0.29, 0.717) is 32.4 Å². The molecule has 0 spiro atoms. The summed E-state index contributed by atoms with van der Waals surface area (Å²) >= 11 is 0. The molecule has 1 heterocycles. The highest BCUT2D eigenvalue weighted by atomic mass is 16.5. The predicted octanol–water partition coefficient (Wildman–Crippen LogP) is 2.19. The molecule has 7 heteroatoms. The molecule has 0 aliphatic carbocycles. The lowest BCUT2D eigenvalue weighted by molar-refractivity contribution is 0.110. The average molecular weight is 407 g/mol.